The summed E-state index contributed by atoms with van der Waals surface area (Å²) in [4.78, 5) is 37.5. The number of ether oxygens (including phenoxy) is 2. The molecule has 0 bridgehead atoms. The summed E-state index contributed by atoms with van der Waals surface area (Å²) >= 11 is 4.20. The summed E-state index contributed by atoms with van der Waals surface area (Å²) in [6.07, 6.45) is 1.62. The Hall–Kier alpha value is -2.58. The van der Waals surface area contributed by atoms with E-state index < -0.39 is 23.2 Å². The lowest BCUT2D eigenvalue weighted by atomic mass is 10.2. The fourth-order valence-electron chi connectivity index (χ4n) is 2.65. The number of esters is 1. The Morgan fingerprint density at radius 3 is 2.41 bits per heavy atom. The van der Waals surface area contributed by atoms with E-state index in [0.29, 0.717) is 12.4 Å². The van der Waals surface area contributed by atoms with Crippen LogP contribution in [0, 0.1) is 0 Å². The zero-order chi connectivity index (χ0) is 21.0. The van der Waals surface area contributed by atoms with Crippen molar-refractivity contribution in [3.05, 3.63) is 69.0 Å². The molecule has 2 aromatic rings. The number of halogens is 1. The minimum Gasteiger partial charge on any atom is -0.489 e. The molecule has 8 heteroatoms. The Morgan fingerprint density at radius 1 is 1.14 bits per heavy atom. The van der Waals surface area contributed by atoms with Crippen LogP contribution in [-0.4, -0.2) is 35.2 Å². The van der Waals surface area contributed by atoms with Crippen LogP contribution in [0.1, 0.15) is 18.1 Å². The zero-order valence-corrected chi connectivity index (χ0v) is 18.2. The molecular weight excluding hydrogens is 458 g/mol. The van der Waals surface area contributed by atoms with Crippen molar-refractivity contribution in [2.75, 3.05) is 7.11 Å². The predicted molar refractivity (Wildman–Crippen MR) is 114 cm³/mol. The maximum Gasteiger partial charge on any atom is 0.328 e. The van der Waals surface area contributed by atoms with E-state index in [1.807, 2.05) is 24.3 Å². The highest BCUT2D eigenvalue weighted by molar-refractivity contribution is 9.10. The number of methoxy groups -OCH3 is 1. The van der Waals surface area contributed by atoms with E-state index >= 15 is 0 Å². The molecule has 1 saturated heterocycles. The predicted octanol–water partition coefficient (Wildman–Crippen LogP) is 4.63. The number of rotatable bonds is 6. The molecule has 29 heavy (non-hydrogen) atoms. The molecule has 0 N–H and O–H groups in total. The van der Waals surface area contributed by atoms with Gasteiger partial charge in [0.2, 0.25) is 0 Å². The van der Waals surface area contributed by atoms with Gasteiger partial charge in [-0.05, 0) is 60.2 Å². The van der Waals surface area contributed by atoms with Crippen LogP contribution in [0.3, 0.4) is 0 Å². The van der Waals surface area contributed by atoms with Gasteiger partial charge in [0, 0.05) is 4.47 Å². The van der Waals surface area contributed by atoms with Gasteiger partial charge in [0.15, 0.2) is 0 Å². The molecule has 0 spiro atoms. The van der Waals surface area contributed by atoms with Crippen LogP contribution < -0.4 is 4.74 Å². The first-order chi connectivity index (χ1) is 13.9. The Kier molecular flexibility index (Phi) is 6.76. The lowest BCUT2D eigenvalue weighted by molar-refractivity contribution is -0.148. The number of carbonyl (C=O) groups is 3. The third-order valence-corrected chi connectivity index (χ3v) is 5.66. The quantitative estimate of drug-likeness (QED) is 0.448. The molecule has 1 atom stereocenters. The Bertz CT molecular complexity index is 956. The third-order valence-electron chi connectivity index (χ3n) is 4.25. The second-order valence-corrected chi connectivity index (χ2v) is 8.14. The first-order valence-electron chi connectivity index (χ1n) is 8.71. The average molecular weight is 476 g/mol. The highest BCUT2D eigenvalue weighted by Gasteiger charge is 2.41. The molecular formula is C21H18BrNO5S. The smallest absolute Gasteiger partial charge is 0.328 e. The van der Waals surface area contributed by atoms with Crippen molar-refractivity contribution in [3.8, 4) is 5.75 Å². The number of benzene rings is 2. The second kappa shape index (κ2) is 9.28. The maximum atomic E-state index is 12.5. The molecule has 6 nitrogen and oxygen atoms in total. The molecule has 1 aliphatic rings. The first-order valence-corrected chi connectivity index (χ1v) is 10.3. The highest BCUT2D eigenvalue weighted by atomic mass is 79.9. The summed E-state index contributed by atoms with van der Waals surface area (Å²) in [5.74, 6) is -0.452. The van der Waals surface area contributed by atoms with Gasteiger partial charge in [0.25, 0.3) is 11.1 Å². The first kappa shape index (κ1) is 21.1. The van der Waals surface area contributed by atoms with Crippen molar-refractivity contribution >= 4 is 50.9 Å². The zero-order valence-electron chi connectivity index (χ0n) is 15.8. The minimum atomic E-state index is -0.965. The summed E-state index contributed by atoms with van der Waals surface area (Å²) in [7, 11) is 1.22. The number of carbonyl (C=O) groups excluding carboxylic acids is 3. The molecule has 0 radical (unpaired) electrons. The van der Waals surface area contributed by atoms with E-state index in [1.165, 1.54) is 14.0 Å². The van der Waals surface area contributed by atoms with Crippen LogP contribution in [-0.2, 0) is 20.9 Å². The van der Waals surface area contributed by atoms with Gasteiger partial charge in [-0.3, -0.25) is 14.5 Å². The van der Waals surface area contributed by atoms with Gasteiger partial charge < -0.3 is 9.47 Å². The van der Waals surface area contributed by atoms with Gasteiger partial charge in [-0.25, -0.2) is 4.79 Å². The number of amides is 2. The number of nitrogens with zero attached hydrogens (tertiary/aromatic N) is 1. The summed E-state index contributed by atoms with van der Waals surface area (Å²) in [5, 5.41) is -0.492. The number of hydrogen-bond donors (Lipinski definition) is 0. The molecule has 150 valence electrons. The van der Waals surface area contributed by atoms with Crippen molar-refractivity contribution in [1.82, 2.24) is 4.90 Å². The van der Waals surface area contributed by atoms with Crippen LogP contribution in [0.2, 0.25) is 0 Å². The standard InChI is InChI=1S/C21H18BrNO5S/c1-13(20(25)27-2)23-19(24)18(29-21(23)26)11-14-5-9-17(10-6-14)28-12-15-3-7-16(22)8-4-15/h3-11,13H,12H2,1-2H3/b18-11+/t13-/m0/s1. The van der Waals surface area contributed by atoms with Crippen molar-refractivity contribution in [2.45, 2.75) is 19.6 Å². The molecule has 2 amide bonds. The fourth-order valence-corrected chi connectivity index (χ4v) is 3.82. The van der Waals surface area contributed by atoms with Crippen LogP contribution in [0.4, 0.5) is 4.79 Å². The maximum absolute atomic E-state index is 12.5. The van der Waals surface area contributed by atoms with Crippen LogP contribution in [0.15, 0.2) is 57.9 Å². The molecule has 2 aromatic carbocycles. The second-order valence-electron chi connectivity index (χ2n) is 6.24. The summed E-state index contributed by atoms with van der Waals surface area (Å²) in [6, 6.07) is 14.1. The van der Waals surface area contributed by atoms with Crippen molar-refractivity contribution in [1.29, 1.82) is 0 Å². The van der Waals surface area contributed by atoms with Gasteiger partial charge in [-0.2, -0.15) is 0 Å². The number of imide groups is 1. The Labute approximate surface area is 181 Å². The van der Waals surface area contributed by atoms with E-state index in [4.69, 9.17) is 4.74 Å². The van der Waals surface area contributed by atoms with E-state index in [0.717, 1.165) is 32.3 Å². The molecule has 1 heterocycles. The molecule has 0 aliphatic carbocycles. The van der Waals surface area contributed by atoms with Crippen LogP contribution in [0.25, 0.3) is 6.08 Å². The number of hydrogen-bond acceptors (Lipinski definition) is 6. The van der Waals surface area contributed by atoms with Crippen molar-refractivity contribution < 1.29 is 23.9 Å². The molecule has 3 rings (SSSR count). The largest absolute Gasteiger partial charge is 0.489 e. The highest BCUT2D eigenvalue weighted by Crippen LogP contribution is 2.34. The van der Waals surface area contributed by atoms with Crippen molar-refractivity contribution in [3.63, 3.8) is 0 Å². The van der Waals surface area contributed by atoms with Gasteiger partial charge in [-0.1, -0.05) is 40.2 Å². The van der Waals surface area contributed by atoms with Gasteiger partial charge in [0.1, 0.15) is 18.4 Å². The summed E-state index contributed by atoms with van der Waals surface area (Å²) in [6.45, 7) is 1.90. The average Bonchev–Trinajstić information content (AvgIpc) is 3.00. The van der Waals surface area contributed by atoms with E-state index in [1.54, 1.807) is 30.3 Å². The van der Waals surface area contributed by atoms with Crippen LogP contribution in [0.5, 0.6) is 5.75 Å². The van der Waals surface area contributed by atoms with E-state index in [2.05, 4.69) is 20.7 Å². The Balaban J connectivity index is 1.66. The monoisotopic (exact) mass is 475 g/mol. The number of thioether (sulfide) groups is 1. The topological polar surface area (TPSA) is 72.9 Å². The summed E-state index contributed by atoms with van der Waals surface area (Å²) in [5.41, 5.74) is 1.79. The molecule has 0 saturated carbocycles. The van der Waals surface area contributed by atoms with Gasteiger partial charge in [0.05, 0.1) is 12.0 Å². The molecule has 1 aliphatic heterocycles. The van der Waals surface area contributed by atoms with E-state index in [-0.39, 0.29) is 4.91 Å². The van der Waals surface area contributed by atoms with E-state index in [9.17, 15) is 14.4 Å². The lowest BCUT2D eigenvalue weighted by Crippen LogP contribution is -2.42. The fraction of sp³-hybridized carbons (Fsp3) is 0.190. The minimum absolute atomic E-state index is 0.259. The summed E-state index contributed by atoms with van der Waals surface area (Å²) < 4.78 is 11.4. The van der Waals surface area contributed by atoms with Crippen LogP contribution >= 0.6 is 27.7 Å². The SMILES string of the molecule is COC(=O)[C@H](C)N1C(=O)S/C(=C/c2ccc(OCc3ccc(Br)cc3)cc2)C1=O. The third kappa shape index (κ3) is 5.07. The van der Waals surface area contributed by atoms with Crippen molar-refractivity contribution in [2.24, 2.45) is 0 Å². The lowest BCUT2D eigenvalue weighted by Gasteiger charge is -2.18. The molecule has 0 aromatic heterocycles. The Morgan fingerprint density at radius 2 is 1.79 bits per heavy atom. The van der Waals surface area contributed by atoms with Gasteiger partial charge >= 0.3 is 5.97 Å². The van der Waals surface area contributed by atoms with Gasteiger partial charge in [-0.15, -0.1) is 0 Å². The molecule has 1 fully saturated rings. The molecule has 0 unspecified atom stereocenters. The normalized spacial score (nSPS) is 16.2.